The number of hydrogen-bond donors (Lipinski definition) is 0. The summed E-state index contributed by atoms with van der Waals surface area (Å²) in [5.41, 5.74) is 0.540. The third-order valence-electron chi connectivity index (χ3n) is 3.70. The Kier molecular flexibility index (Phi) is 4.80. The minimum Gasteiger partial charge on any atom is -0.493 e. The van der Waals surface area contributed by atoms with Gasteiger partial charge in [-0.05, 0) is 38.6 Å². The van der Waals surface area contributed by atoms with E-state index >= 15 is 0 Å². The summed E-state index contributed by atoms with van der Waals surface area (Å²) in [6.45, 7) is 1.71. The number of ether oxygens (including phenoxy) is 2. The maximum absolute atomic E-state index is 11.1. The van der Waals surface area contributed by atoms with Gasteiger partial charge in [0.05, 0.1) is 12.7 Å². The van der Waals surface area contributed by atoms with E-state index in [9.17, 15) is 4.79 Å². The maximum atomic E-state index is 11.1. The fourth-order valence-electron chi connectivity index (χ4n) is 2.48. The van der Waals surface area contributed by atoms with Gasteiger partial charge in [0.25, 0.3) is 0 Å². The Morgan fingerprint density at radius 3 is 2.95 bits per heavy atom. The first kappa shape index (κ1) is 13.9. The molecule has 0 spiro atoms. The van der Waals surface area contributed by atoms with Crippen molar-refractivity contribution in [3.05, 3.63) is 23.8 Å². The van der Waals surface area contributed by atoms with Crippen molar-refractivity contribution in [2.45, 2.75) is 25.3 Å². The van der Waals surface area contributed by atoms with Crippen LogP contribution in [0.1, 0.15) is 29.6 Å². The number of carbonyl (C=O) groups is 1. The van der Waals surface area contributed by atoms with Crippen LogP contribution in [0.15, 0.2) is 18.2 Å². The van der Waals surface area contributed by atoms with E-state index in [0.29, 0.717) is 29.7 Å². The molecule has 4 heteroatoms. The van der Waals surface area contributed by atoms with Crippen LogP contribution in [0.2, 0.25) is 0 Å². The molecular weight excluding hydrogens is 242 g/mol. The standard InChI is InChI=1S/C15H21NO3/c1-16-9-4-3-7-13(16)11-19-15-12(10-17)6-5-8-14(15)18-2/h5-6,8,10,13H,3-4,7,9,11H2,1-2H3. The molecule has 1 aromatic carbocycles. The molecule has 0 aromatic heterocycles. The van der Waals surface area contributed by atoms with E-state index in [-0.39, 0.29) is 0 Å². The summed E-state index contributed by atoms with van der Waals surface area (Å²) < 4.78 is 11.1. The van der Waals surface area contributed by atoms with E-state index in [2.05, 4.69) is 11.9 Å². The Bertz CT molecular complexity index is 433. The zero-order valence-corrected chi connectivity index (χ0v) is 11.6. The van der Waals surface area contributed by atoms with Gasteiger partial charge in [0.15, 0.2) is 17.8 Å². The quantitative estimate of drug-likeness (QED) is 0.765. The highest BCUT2D eigenvalue weighted by Gasteiger charge is 2.20. The average Bonchev–Trinajstić information content (AvgIpc) is 2.46. The molecule has 1 unspecified atom stereocenters. The van der Waals surface area contributed by atoms with E-state index in [1.807, 2.05) is 6.07 Å². The van der Waals surface area contributed by atoms with Gasteiger partial charge >= 0.3 is 0 Å². The third-order valence-corrected chi connectivity index (χ3v) is 3.70. The molecule has 1 aromatic rings. The first-order valence-electron chi connectivity index (χ1n) is 6.71. The van der Waals surface area contributed by atoms with Gasteiger partial charge in [-0.3, -0.25) is 4.79 Å². The van der Waals surface area contributed by atoms with Gasteiger partial charge in [0.1, 0.15) is 6.61 Å². The summed E-state index contributed by atoms with van der Waals surface area (Å²) in [4.78, 5) is 13.4. The van der Waals surface area contributed by atoms with Crippen LogP contribution < -0.4 is 9.47 Å². The topological polar surface area (TPSA) is 38.8 Å². The van der Waals surface area contributed by atoms with Crippen LogP contribution in [0.5, 0.6) is 11.5 Å². The number of aldehydes is 1. The van der Waals surface area contributed by atoms with E-state index in [1.165, 1.54) is 12.8 Å². The van der Waals surface area contributed by atoms with Crippen molar-refractivity contribution >= 4 is 6.29 Å². The molecule has 0 amide bonds. The largest absolute Gasteiger partial charge is 0.493 e. The second-order valence-corrected chi connectivity index (χ2v) is 4.94. The van der Waals surface area contributed by atoms with Crippen LogP contribution in [0.3, 0.4) is 0 Å². The van der Waals surface area contributed by atoms with Gasteiger partial charge in [-0.2, -0.15) is 0 Å². The average molecular weight is 263 g/mol. The zero-order valence-electron chi connectivity index (χ0n) is 11.6. The van der Waals surface area contributed by atoms with E-state index in [4.69, 9.17) is 9.47 Å². The van der Waals surface area contributed by atoms with Crippen molar-refractivity contribution in [2.75, 3.05) is 27.3 Å². The number of carbonyl (C=O) groups excluding carboxylic acids is 1. The van der Waals surface area contributed by atoms with Gasteiger partial charge in [0.2, 0.25) is 0 Å². The van der Waals surface area contributed by atoms with Gasteiger partial charge in [-0.15, -0.1) is 0 Å². The molecule has 0 radical (unpaired) electrons. The second-order valence-electron chi connectivity index (χ2n) is 4.94. The molecular formula is C15H21NO3. The Hall–Kier alpha value is -1.55. The van der Waals surface area contributed by atoms with Crippen LogP contribution in [-0.4, -0.2) is 44.5 Å². The molecule has 2 rings (SSSR count). The fraction of sp³-hybridized carbons (Fsp3) is 0.533. The molecule has 4 nitrogen and oxygen atoms in total. The number of para-hydroxylation sites is 1. The van der Waals surface area contributed by atoms with Crippen LogP contribution >= 0.6 is 0 Å². The number of benzene rings is 1. The molecule has 1 fully saturated rings. The summed E-state index contributed by atoms with van der Waals surface area (Å²) >= 11 is 0. The normalized spacial score (nSPS) is 20.0. The summed E-state index contributed by atoms with van der Waals surface area (Å²) in [5, 5.41) is 0. The van der Waals surface area contributed by atoms with Gasteiger partial charge in [0, 0.05) is 6.04 Å². The molecule has 0 N–H and O–H groups in total. The van der Waals surface area contributed by atoms with Crippen molar-refractivity contribution in [1.29, 1.82) is 0 Å². The molecule has 19 heavy (non-hydrogen) atoms. The van der Waals surface area contributed by atoms with Gasteiger partial charge in [-0.1, -0.05) is 12.5 Å². The number of rotatable bonds is 5. The molecule has 104 valence electrons. The van der Waals surface area contributed by atoms with Crippen molar-refractivity contribution in [3.63, 3.8) is 0 Å². The number of methoxy groups -OCH3 is 1. The Morgan fingerprint density at radius 2 is 2.26 bits per heavy atom. The minimum atomic E-state index is 0.415. The lowest BCUT2D eigenvalue weighted by Gasteiger charge is -2.32. The Labute approximate surface area is 114 Å². The van der Waals surface area contributed by atoms with E-state index in [1.54, 1.807) is 19.2 Å². The first-order valence-corrected chi connectivity index (χ1v) is 6.71. The van der Waals surface area contributed by atoms with E-state index in [0.717, 1.165) is 19.3 Å². The Morgan fingerprint density at radius 1 is 1.42 bits per heavy atom. The maximum Gasteiger partial charge on any atom is 0.171 e. The predicted molar refractivity (Wildman–Crippen MR) is 74.1 cm³/mol. The van der Waals surface area contributed by atoms with Crippen LogP contribution in [-0.2, 0) is 0 Å². The number of piperidine rings is 1. The van der Waals surface area contributed by atoms with Crippen molar-refractivity contribution in [3.8, 4) is 11.5 Å². The number of nitrogens with zero attached hydrogens (tertiary/aromatic N) is 1. The fourth-order valence-corrected chi connectivity index (χ4v) is 2.48. The first-order chi connectivity index (χ1) is 9.26. The molecule has 1 aliphatic rings. The highest BCUT2D eigenvalue weighted by atomic mass is 16.5. The summed E-state index contributed by atoms with van der Waals surface area (Å²) in [7, 11) is 3.71. The SMILES string of the molecule is COc1cccc(C=O)c1OCC1CCCCN1C. The monoisotopic (exact) mass is 263 g/mol. The van der Waals surface area contributed by atoms with Crippen molar-refractivity contribution in [1.82, 2.24) is 4.90 Å². The number of hydrogen-bond acceptors (Lipinski definition) is 4. The lowest BCUT2D eigenvalue weighted by molar-refractivity contribution is 0.110. The second kappa shape index (κ2) is 6.57. The van der Waals surface area contributed by atoms with Crippen molar-refractivity contribution in [2.24, 2.45) is 0 Å². The zero-order chi connectivity index (χ0) is 13.7. The molecule has 0 saturated carbocycles. The van der Waals surface area contributed by atoms with Gasteiger partial charge < -0.3 is 14.4 Å². The molecule has 1 saturated heterocycles. The van der Waals surface area contributed by atoms with Crippen LogP contribution in [0.4, 0.5) is 0 Å². The smallest absolute Gasteiger partial charge is 0.171 e. The molecule has 1 heterocycles. The molecule has 1 aliphatic heterocycles. The highest BCUT2D eigenvalue weighted by Crippen LogP contribution is 2.30. The highest BCUT2D eigenvalue weighted by molar-refractivity contribution is 5.81. The lowest BCUT2D eigenvalue weighted by Crippen LogP contribution is -2.40. The molecule has 0 bridgehead atoms. The molecule has 0 aliphatic carbocycles. The number of likely N-dealkylation sites (N-methyl/N-ethyl adjacent to an activating group) is 1. The van der Waals surface area contributed by atoms with Crippen LogP contribution in [0.25, 0.3) is 0 Å². The minimum absolute atomic E-state index is 0.415. The summed E-state index contributed by atoms with van der Waals surface area (Å²) in [6.07, 6.45) is 4.44. The van der Waals surface area contributed by atoms with Crippen LogP contribution in [0, 0.1) is 0 Å². The van der Waals surface area contributed by atoms with Gasteiger partial charge in [-0.25, -0.2) is 0 Å². The van der Waals surface area contributed by atoms with E-state index < -0.39 is 0 Å². The summed E-state index contributed by atoms with van der Waals surface area (Å²) in [5.74, 6) is 1.17. The third kappa shape index (κ3) is 3.26. The Balaban J connectivity index is 2.07. The summed E-state index contributed by atoms with van der Waals surface area (Å²) in [6, 6.07) is 5.77. The lowest BCUT2D eigenvalue weighted by atomic mass is 10.0. The predicted octanol–water partition coefficient (Wildman–Crippen LogP) is 2.37. The number of likely N-dealkylation sites (tertiary alicyclic amines) is 1. The molecule has 1 atom stereocenters. The van der Waals surface area contributed by atoms with Crippen molar-refractivity contribution < 1.29 is 14.3 Å².